The number of rotatable bonds is 12. The molecule has 0 bridgehead atoms. The van der Waals surface area contributed by atoms with Crippen molar-refractivity contribution in [1.29, 1.82) is 0 Å². The van der Waals surface area contributed by atoms with Crippen LogP contribution in [0.2, 0.25) is 0 Å². The van der Waals surface area contributed by atoms with Crippen molar-refractivity contribution in [1.82, 2.24) is 0 Å². The summed E-state index contributed by atoms with van der Waals surface area (Å²) in [4.78, 5) is 0. The molecule has 0 aliphatic rings. The fourth-order valence-corrected chi connectivity index (χ4v) is 2.30. The first kappa shape index (κ1) is 16.3. The van der Waals surface area contributed by atoms with Crippen LogP contribution in [0.15, 0.2) is 24.2 Å². The normalized spacial score (nSPS) is 10.4. The molecule has 0 fully saturated rings. The van der Waals surface area contributed by atoms with Crippen molar-refractivity contribution in [2.24, 2.45) is 0 Å². The molecule has 1 aromatic heterocycles. The molecule has 0 aliphatic carbocycles. The Morgan fingerprint density at radius 1 is 0.842 bits per heavy atom. The minimum atomic E-state index is 0.862. The molecule has 106 valence electrons. The van der Waals surface area contributed by atoms with Crippen LogP contribution in [0, 0.1) is 0 Å². The summed E-state index contributed by atoms with van der Waals surface area (Å²) in [6.45, 7) is 5.16. The summed E-state index contributed by atoms with van der Waals surface area (Å²) in [7, 11) is 0. The third-order valence-electron chi connectivity index (χ3n) is 3.51. The monoisotopic (exact) mass is 260 g/mol. The van der Waals surface area contributed by atoms with Gasteiger partial charge in [0.2, 0.25) is 0 Å². The SMILES string of the molecule is CCCCCCCCCCCCOc1bcccc1. The van der Waals surface area contributed by atoms with Crippen molar-refractivity contribution in [3.63, 3.8) is 0 Å². The van der Waals surface area contributed by atoms with Crippen LogP contribution in [0.1, 0.15) is 71.1 Å². The summed E-state index contributed by atoms with van der Waals surface area (Å²) in [5.74, 6) is 2.02. The fraction of sp³-hybridized carbons (Fsp3) is 0.706. The molecule has 0 saturated heterocycles. The first-order chi connectivity index (χ1) is 9.43. The van der Waals surface area contributed by atoms with Gasteiger partial charge in [-0.3, -0.25) is 0 Å². The van der Waals surface area contributed by atoms with Crippen molar-refractivity contribution < 1.29 is 4.74 Å². The molecule has 1 nitrogen and oxygen atoms in total. The van der Waals surface area contributed by atoms with Gasteiger partial charge in [-0.05, 0) is 0 Å². The van der Waals surface area contributed by atoms with Crippen molar-refractivity contribution >= 4 is 6.91 Å². The predicted octanol–water partition coefficient (Wildman–Crippen LogP) is 5.32. The molecule has 1 heterocycles. The number of hydrogen-bond donors (Lipinski definition) is 0. The van der Waals surface area contributed by atoms with Crippen LogP contribution in [0.25, 0.3) is 0 Å². The third-order valence-corrected chi connectivity index (χ3v) is 3.51. The average molecular weight is 260 g/mol. The van der Waals surface area contributed by atoms with E-state index in [1.807, 2.05) is 31.1 Å². The summed E-state index contributed by atoms with van der Waals surface area (Å²) in [6.07, 6.45) is 13.7. The summed E-state index contributed by atoms with van der Waals surface area (Å²) in [6, 6.07) is 6.07. The standard InChI is InChI=1S/C17H29BO/c1-2-3-4-5-6-7-8-9-10-13-16-19-17-14-11-12-15-18-17/h11-12,14-15H,2-10,13,16H2,1H3. The van der Waals surface area contributed by atoms with E-state index < -0.39 is 0 Å². The van der Waals surface area contributed by atoms with Gasteiger partial charge in [0.05, 0.1) is 0 Å². The van der Waals surface area contributed by atoms with E-state index in [-0.39, 0.29) is 0 Å². The molecule has 0 amide bonds. The summed E-state index contributed by atoms with van der Waals surface area (Å²) < 4.78 is 5.68. The van der Waals surface area contributed by atoms with Crippen molar-refractivity contribution in [3.8, 4) is 5.64 Å². The molecule has 0 saturated carbocycles. The Bertz CT molecular complexity index is 287. The van der Waals surface area contributed by atoms with Crippen LogP contribution in [-0.2, 0) is 0 Å². The molecule has 0 aromatic carbocycles. The van der Waals surface area contributed by atoms with Crippen LogP contribution < -0.4 is 4.74 Å². The van der Waals surface area contributed by atoms with Gasteiger partial charge < -0.3 is 0 Å². The molecular weight excluding hydrogens is 231 g/mol. The number of unbranched alkanes of at least 4 members (excludes halogenated alkanes) is 9. The zero-order valence-electron chi connectivity index (χ0n) is 12.6. The van der Waals surface area contributed by atoms with E-state index >= 15 is 0 Å². The maximum absolute atomic E-state index is 5.68. The van der Waals surface area contributed by atoms with Crippen molar-refractivity contribution in [2.45, 2.75) is 71.1 Å². The van der Waals surface area contributed by atoms with Crippen molar-refractivity contribution in [3.05, 3.63) is 24.2 Å². The van der Waals surface area contributed by atoms with E-state index in [4.69, 9.17) is 4.74 Å². The second-order valence-corrected chi connectivity index (χ2v) is 5.34. The Kier molecular flexibility index (Phi) is 10.5. The zero-order chi connectivity index (χ0) is 13.6. The Labute approximate surface area is 120 Å². The number of ether oxygens (including phenoxy) is 1. The van der Waals surface area contributed by atoms with Gasteiger partial charge in [-0.15, -0.1) is 0 Å². The molecule has 2 heteroatoms. The van der Waals surface area contributed by atoms with Gasteiger partial charge in [0, 0.05) is 0 Å². The molecule has 0 spiro atoms. The topological polar surface area (TPSA) is 9.23 Å². The number of hydrogen-bond acceptors (Lipinski definition) is 1. The van der Waals surface area contributed by atoms with Crippen LogP contribution in [0.3, 0.4) is 0 Å². The second-order valence-electron chi connectivity index (χ2n) is 5.34. The molecule has 1 rings (SSSR count). The summed E-state index contributed by atoms with van der Waals surface area (Å²) in [5.41, 5.74) is 0.999. The van der Waals surface area contributed by atoms with Gasteiger partial charge in [-0.25, -0.2) is 0 Å². The first-order valence-corrected chi connectivity index (χ1v) is 8.11. The van der Waals surface area contributed by atoms with E-state index in [2.05, 4.69) is 6.92 Å². The minimum absolute atomic E-state index is 0.862. The van der Waals surface area contributed by atoms with Gasteiger partial charge in [-0.1, -0.05) is 13.3 Å². The zero-order valence-corrected chi connectivity index (χ0v) is 12.6. The molecule has 0 atom stereocenters. The fourth-order valence-electron chi connectivity index (χ4n) is 2.30. The molecule has 1 aromatic rings. The first-order valence-electron chi connectivity index (χ1n) is 8.11. The average Bonchev–Trinajstić information content (AvgIpc) is 2.46. The Hall–Kier alpha value is -0.785. The molecule has 0 N–H and O–H groups in total. The molecule has 0 unspecified atom stereocenters. The third kappa shape index (κ3) is 9.75. The summed E-state index contributed by atoms with van der Waals surface area (Å²) >= 11 is 0. The van der Waals surface area contributed by atoms with E-state index in [0.29, 0.717) is 0 Å². The van der Waals surface area contributed by atoms with E-state index in [0.717, 1.165) is 12.3 Å². The van der Waals surface area contributed by atoms with Gasteiger partial charge in [0.25, 0.3) is 0 Å². The van der Waals surface area contributed by atoms with E-state index in [1.54, 1.807) is 0 Å². The second kappa shape index (κ2) is 12.3. The van der Waals surface area contributed by atoms with Gasteiger partial charge in [0.1, 0.15) is 0 Å². The van der Waals surface area contributed by atoms with Gasteiger partial charge in [-0.2, -0.15) is 0 Å². The maximum atomic E-state index is 5.68. The molecule has 0 radical (unpaired) electrons. The van der Waals surface area contributed by atoms with Crippen LogP contribution in [0.5, 0.6) is 5.64 Å². The van der Waals surface area contributed by atoms with Crippen molar-refractivity contribution in [2.75, 3.05) is 6.61 Å². The van der Waals surface area contributed by atoms with Gasteiger partial charge in [0.15, 0.2) is 0 Å². The van der Waals surface area contributed by atoms with E-state index in [1.165, 1.54) is 64.2 Å². The van der Waals surface area contributed by atoms with E-state index in [9.17, 15) is 0 Å². The van der Waals surface area contributed by atoms with Gasteiger partial charge >= 0.3 is 106 Å². The van der Waals surface area contributed by atoms with Crippen LogP contribution >= 0.6 is 0 Å². The Balaban J connectivity index is 1.79. The van der Waals surface area contributed by atoms with Crippen LogP contribution in [-0.4, -0.2) is 13.5 Å². The Morgan fingerprint density at radius 2 is 1.47 bits per heavy atom. The predicted molar refractivity (Wildman–Crippen MR) is 85.1 cm³/mol. The molecular formula is C17H29BO. The summed E-state index contributed by atoms with van der Waals surface area (Å²) in [5, 5.41) is 0. The molecule has 19 heavy (non-hydrogen) atoms. The quantitative estimate of drug-likeness (QED) is 0.462. The molecule has 0 aliphatic heterocycles. The Morgan fingerprint density at radius 3 is 2.05 bits per heavy atom. The van der Waals surface area contributed by atoms with Crippen LogP contribution in [0.4, 0.5) is 0 Å².